The van der Waals surface area contributed by atoms with Gasteiger partial charge in [0.15, 0.2) is 11.5 Å². The molecular formula is C20H18N8. The number of aryl methyl sites for hydroxylation is 2. The lowest BCUT2D eigenvalue weighted by molar-refractivity contribution is 0.663. The molecule has 0 bridgehead atoms. The zero-order valence-electron chi connectivity index (χ0n) is 15.4. The summed E-state index contributed by atoms with van der Waals surface area (Å²) in [6, 6.07) is 10.2. The molecule has 0 fully saturated rings. The molecular weight excluding hydrogens is 352 g/mol. The van der Waals surface area contributed by atoms with Gasteiger partial charge in [-0.15, -0.1) is 5.10 Å². The van der Waals surface area contributed by atoms with E-state index in [1.54, 1.807) is 17.1 Å². The van der Waals surface area contributed by atoms with Gasteiger partial charge >= 0.3 is 0 Å². The van der Waals surface area contributed by atoms with E-state index in [2.05, 4.69) is 53.8 Å². The molecule has 8 heteroatoms. The zero-order valence-corrected chi connectivity index (χ0v) is 15.4. The maximum Gasteiger partial charge on any atom is 0.221 e. The molecule has 1 aliphatic rings. The third-order valence-electron chi connectivity index (χ3n) is 4.65. The lowest BCUT2D eigenvalue weighted by Crippen LogP contribution is -2.05. The summed E-state index contributed by atoms with van der Waals surface area (Å²) in [5.41, 5.74) is 6.49. The first-order valence-corrected chi connectivity index (χ1v) is 9.15. The van der Waals surface area contributed by atoms with Gasteiger partial charge in [-0.25, -0.2) is 14.6 Å². The van der Waals surface area contributed by atoms with Crippen LogP contribution in [0.4, 0.5) is 17.2 Å². The van der Waals surface area contributed by atoms with E-state index in [-0.39, 0.29) is 0 Å². The van der Waals surface area contributed by atoms with E-state index in [4.69, 9.17) is 0 Å². The number of hydrogen-bond acceptors (Lipinski definition) is 7. The van der Waals surface area contributed by atoms with Crippen molar-refractivity contribution >= 4 is 34.7 Å². The largest absolute Gasteiger partial charge is 0.339 e. The molecule has 4 heterocycles. The van der Waals surface area contributed by atoms with Crippen LogP contribution in [0.3, 0.4) is 0 Å². The second-order valence-electron chi connectivity index (χ2n) is 6.77. The first-order chi connectivity index (χ1) is 13.7. The molecule has 0 unspecified atom stereocenters. The minimum atomic E-state index is 0.527. The van der Waals surface area contributed by atoms with Gasteiger partial charge in [-0.3, -0.25) is 9.98 Å². The number of aliphatic imine (C=N–C) groups is 1. The zero-order chi connectivity index (χ0) is 18.9. The highest BCUT2D eigenvalue weighted by atomic mass is 15.5. The van der Waals surface area contributed by atoms with Crippen LogP contribution in [0.15, 0.2) is 47.7 Å². The summed E-state index contributed by atoms with van der Waals surface area (Å²) in [5.74, 6) is 0.640. The summed E-state index contributed by atoms with van der Waals surface area (Å²) >= 11 is 0. The van der Waals surface area contributed by atoms with Crippen molar-refractivity contribution in [3.8, 4) is 0 Å². The van der Waals surface area contributed by atoms with Crippen molar-refractivity contribution in [2.45, 2.75) is 26.3 Å². The van der Waals surface area contributed by atoms with Gasteiger partial charge in [-0.2, -0.15) is 0 Å². The average molecular weight is 370 g/mol. The van der Waals surface area contributed by atoms with Gasteiger partial charge in [0.25, 0.3) is 0 Å². The van der Waals surface area contributed by atoms with Crippen LogP contribution in [-0.4, -0.2) is 36.2 Å². The van der Waals surface area contributed by atoms with Crippen molar-refractivity contribution < 1.29 is 0 Å². The highest BCUT2D eigenvalue weighted by Gasteiger charge is 2.12. The van der Waals surface area contributed by atoms with Gasteiger partial charge in [-0.05, 0) is 49.1 Å². The predicted octanol–water partition coefficient (Wildman–Crippen LogP) is 3.37. The molecule has 3 aromatic heterocycles. The van der Waals surface area contributed by atoms with Crippen LogP contribution < -0.4 is 5.32 Å². The molecule has 0 saturated heterocycles. The molecule has 1 N–H and O–H groups in total. The van der Waals surface area contributed by atoms with E-state index >= 15 is 0 Å². The minimum absolute atomic E-state index is 0.527. The molecule has 8 nitrogen and oxygen atoms in total. The third-order valence-corrected chi connectivity index (χ3v) is 4.65. The standard InChI is InChI=1S/C20H18N8/c1-13-9-16(6-8-21-13)24-18-11-23-19-20(25-18)28(27-26-19)12-14-4-5-17-15(10-14)3-2-7-22-17/h4-11H,2-3,12H2,1H3,(H,21,24,25). The van der Waals surface area contributed by atoms with Crippen molar-refractivity contribution in [2.24, 2.45) is 4.99 Å². The van der Waals surface area contributed by atoms with E-state index in [9.17, 15) is 0 Å². The second kappa shape index (κ2) is 6.80. The number of anilines is 2. The Bertz CT molecular complexity index is 1190. The van der Waals surface area contributed by atoms with Gasteiger partial charge in [0.05, 0.1) is 18.4 Å². The van der Waals surface area contributed by atoms with E-state index in [0.29, 0.717) is 23.7 Å². The fourth-order valence-electron chi connectivity index (χ4n) is 3.31. The molecule has 1 aromatic carbocycles. The third kappa shape index (κ3) is 3.20. The maximum absolute atomic E-state index is 4.66. The van der Waals surface area contributed by atoms with Gasteiger partial charge < -0.3 is 5.32 Å². The number of fused-ring (bicyclic) bond motifs is 2. The van der Waals surface area contributed by atoms with Crippen LogP contribution in [0, 0.1) is 6.92 Å². The van der Waals surface area contributed by atoms with Gasteiger partial charge in [0.1, 0.15) is 0 Å². The monoisotopic (exact) mass is 370 g/mol. The van der Waals surface area contributed by atoms with Crippen LogP contribution >= 0.6 is 0 Å². The van der Waals surface area contributed by atoms with Crippen molar-refractivity contribution in [1.82, 2.24) is 29.9 Å². The van der Waals surface area contributed by atoms with Crippen LogP contribution in [0.2, 0.25) is 0 Å². The Hall–Kier alpha value is -3.68. The van der Waals surface area contributed by atoms with E-state index in [1.165, 1.54) is 5.56 Å². The average Bonchev–Trinajstić information content (AvgIpc) is 3.10. The highest BCUT2D eigenvalue weighted by Crippen LogP contribution is 2.25. The quantitative estimate of drug-likeness (QED) is 0.592. The molecule has 0 atom stereocenters. The molecule has 0 amide bonds. The van der Waals surface area contributed by atoms with Gasteiger partial charge in [0.2, 0.25) is 5.65 Å². The Morgan fingerprint density at radius 2 is 2.11 bits per heavy atom. The summed E-state index contributed by atoms with van der Waals surface area (Å²) in [6.45, 7) is 2.53. The number of hydrogen-bond donors (Lipinski definition) is 1. The lowest BCUT2D eigenvalue weighted by atomic mass is 10.0. The molecule has 0 saturated carbocycles. The highest BCUT2D eigenvalue weighted by molar-refractivity contribution is 5.70. The van der Waals surface area contributed by atoms with Gasteiger partial charge in [-0.1, -0.05) is 17.3 Å². The fourth-order valence-corrected chi connectivity index (χ4v) is 3.31. The molecule has 0 radical (unpaired) electrons. The van der Waals surface area contributed by atoms with Crippen molar-refractivity contribution in [2.75, 3.05) is 5.32 Å². The topological polar surface area (TPSA) is 93.8 Å². The normalized spacial score (nSPS) is 12.9. The van der Waals surface area contributed by atoms with Crippen LogP contribution in [0.25, 0.3) is 11.3 Å². The number of nitrogens with one attached hydrogen (secondary N) is 1. The lowest BCUT2D eigenvalue weighted by Gasteiger charge is -2.11. The predicted molar refractivity (Wildman–Crippen MR) is 107 cm³/mol. The summed E-state index contributed by atoms with van der Waals surface area (Å²) < 4.78 is 1.78. The minimum Gasteiger partial charge on any atom is -0.339 e. The fraction of sp³-hybridized carbons (Fsp3) is 0.200. The number of benzene rings is 1. The number of aromatic nitrogens is 6. The van der Waals surface area contributed by atoms with Crippen LogP contribution in [0.5, 0.6) is 0 Å². The van der Waals surface area contributed by atoms with Crippen molar-refractivity contribution in [3.63, 3.8) is 0 Å². The Morgan fingerprint density at radius 1 is 1.14 bits per heavy atom. The van der Waals surface area contributed by atoms with E-state index in [1.807, 2.05) is 25.3 Å². The van der Waals surface area contributed by atoms with Crippen LogP contribution in [-0.2, 0) is 13.0 Å². The smallest absolute Gasteiger partial charge is 0.221 e. The molecule has 0 aliphatic carbocycles. The number of pyridine rings is 1. The molecule has 0 spiro atoms. The summed E-state index contributed by atoms with van der Waals surface area (Å²) in [4.78, 5) is 17.7. The van der Waals surface area contributed by atoms with Crippen molar-refractivity contribution in [3.05, 3.63) is 59.5 Å². The molecule has 4 aromatic rings. The second-order valence-corrected chi connectivity index (χ2v) is 6.77. The Morgan fingerprint density at radius 3 is 3.04 bits per heavy atom. The van der Waals surface area contributed by atoms with Crippen molar-refractivity contribution in [1.29, 1.82) is 0 Å². The Balaban J connectivity index is 1.44. The summed E-state index contributed by atoms with van der Waals surface area (Å²) in [6.07, 6.45) is 7.40. The summed E-state index contributed by atoms with van der Waals surface area (Å²) in [5, 5.41) is 11.6. The van der Waals surface area contributed by atoms with E-state index in [0.717, 1.165) is 35.5 Å². The Labute approximate surface area is 161 Å². The molecule has 5 rings (SSSR count). The Kier molecular flexibility index (Phi) is 4.01. The van der Waals surface area contributed by atoms with E-state index < -0.39 is 0 Å². The molecule has 1 aliphatic heterocycles. The van der Waals surface area contributed by atoms with Gasteiger partial charge in [0, 0.05) is 23.8 Å². The molecule has 28 heavy (non-hydrogen) atoms. The SMILES string of the molecule is Cc1cc(Nc2cnc3nnn(Cc4ccc5c(c4)CCC=N5)c3n2)ccn1. The van der Waals surface area contributed by atoms with Crippen LogP contribution in [0.1, 0.15) is 23.2 Å². The first-order valence-electron chi connectivity index (χ1n) is 9.15. The number of rotatable bonds is 4. The maximum atomic E-state index is 4.66. The number of nitrogens with zero attached hydrogens (tertiary/aromatic N) is 7. The molecule has 138 valence electrons. The first kappa shape index (κ1) is 16.5. The summed E-state index contributed by atoms with van der Waals surface area (Å²) in [7, 11) is 0.